The van der Waals surface area contributed by atoms with Gasteiger partial charge in [0, 0.05) is 0 Å². The molecule has 0 unspecified atom stereocenters. The summed E-state index contributed by atoms with van der Waals surface area (Å²) in [6.07, 6.45) is 5.73. The summed E-state index contributed by atoms with van der Waals surface area (Å²) in [5, 5.41) is 0. The molecule has 0 radical (unpaired) electrons. The van der Waals surface area contributed by atoms with Crippen molar-refractivity contribution < 1.29 is 9.47 Å². The maximum absolute atomic E-state index is 5.22. The molecule has 0 spiro atoms. The molecule has 2 nitrogen and oxygen atoms in total. The van der Waals surface area contributed by atoms with E-state index in [4.69, 9.17) is 9.47 Å². The molecule has 0 N–H and O–H groups in total. The van der Waals surface area contributed by atoms with Gasteiger partial charge in [-0.25, -0.2) is 0 Å². The Kier molecular flexibility index (Phi) is 5.26. The lowest BCUT2D eigenvalue weighted by atomic mass is 10.2. The fraction of sp³-hybridized carbons (Fsp3) is 0.231. The number of methoxy groups -OCH3 is 1. The molecule has 0 aliphatic heterocycles. The Labute approximate surface area is 90.8 Å². The van der Waals surface area contributed by atoms with Crippen molar-refractivity contribution in [1.82, 2.24) is 0 Å². The van der Waals surface area contributed by atoms with Crippen LogP contribution in [0.1, 0.15) is 5.56 Å². The normalized spacial score (nSPS) is 10.5. The van der Waals surface area contributed by atoms with Crippen LogP contribution >= 0.6 is 0 Å². The van der Waals surface area contributed by atoms with Crippen molar-refractivity contribution in [2.75, 3.05) is 20.3 Å². The summed E-state index contributed by atoms with van der Waals surface area (Å²) in [4.78, 5) is 0. The van der Waals surface area contributed by atoms with Crippen molar-refractivity contribution in [3.63, 3.8) is 0 Å². The van der Waals surface area contributed by atoms with E-state index in [1.807, 2.05) is 36.4 Å². The van der Waals surface area contributed by atoms with Gasteiger partial charge in [-0.15, -0.1) is 6.58 Å². The zero-order valence-electron chi connectivity index (χ0n) is 8.98. The number of ether oxygens (including phenoxy) is 2. The first-order valence-corrected chi connectivity index (χ1v) is 4.86. The topological polar surface area (TPSA) is 18.5 Å². The van der Waals surface area contributed by atoms with Gasteiger partial charge in [-0.3, -0.25) is 0 Å². The van der Waals surface area contributed by atoms with Gasteiger partial charge in [-0.1, -0.05) is 30.4 Å². The Morgan fingerprint density at radius 2 is 1.93 bits per heavy atom. The van der Waals surface area contributed by atoms with Crippen molar-refractivity contribution >= 4 is 6.08 Å². The van der Waals surface area contributed by atoms with Crippen LogP contribution in [0, 0.1) is 0 Å². The summed E-state index contributed by atoms with van der Waals surface area (Å²) in [6.45, 7) is 4.77. The van der Waals surface area contributed by atoms with E-state index in [0.29, 0.717) is 13.2 Å². The second-order valence-electron chi connectivity index (χ2n) is 3.00. The van der Waals surface area contributed by atoms with Gasteiger partial charge < -0.3 is 9.47 Å². The Morgan fingerprint density at radius 3 is 2.53 bits per heavy atom. The van der Waals surface area contributed by atoms with E-state index >= 15 is 0 Å². The van der Waals surface area contributed by atoms with E-state index in [1.165, 1.54) is 0 Å². The quantitative estimate of drug-likeness (QED) is 0.524. The van der Waals surface area contributed by atoms with Gasteiger partial charge in [-0.2, -0.15) is 0 Å². The predicted octanol–water partition coefficient (Wildman–Crippen LogP) is 2.91. The minimum absolute atomic E-state index is 0.590. The molecule has 0 aromatic heterocycles. The molecule has 15 heavy (non-hydrogen) atoms. The van der Waals surface area contributed by atoms with Crippen LogP contribution < -0.4 is 4.74 Å². The summed E-state index contributed by atoms with van der Waals surface area (Å²) in [7, 11) is 1.66. The summed E-state index contributed by atoms with van der Waals surface area (Å²) < 4.78 is 10.3. The van der Waals surface area contributed by atoms with Gasteiger partial charge in [0.15, 0.2) is 0 Å². The summed E-state index contributed by atoms with van der Waals surface area (Å²) in [5.41, 5.74) is 1.14. The maximum Gasteiger partial charge on any atom is 0.118 e. The molecular weight excluding hydrogens is 188 g/mol. The minimum atomic E-state index is 0.590. The van der Waals surface area contributed by atoms with Crippen molar-refractivity contribution in [2.45, 2.75) is 0 Å². The van der Waals surface area contributed by atoms with E-state index in [2.05, 4.69) is 6.58 Å². The van der Waals surface area contributed by atoms with E-state index in [-0.39, 0.29) is 0 Å². The smallest absolute Gasteiger partial charge is 0.118 e. The minimum Gasteiger partial charge on any atom is -0.497 e. The van der Waals surface area contributed by atoms with Crippen LogP contribution in [0.2, 0.25) is 0 Å². The van der Waals surface area contributed by atoms with Crippen molar-refractivity contribution in [3.05, 3.63) is 48.6 Å². The van der Waals surface area contributed by atoms with Crippen LogP contribution in [0.25, 0.3) is 6.08 Å². The largest absolute Gasteiger partial charge is 0.497 e. The third-order valence-corrected chi connectivity index (χ3v) is 1.88. The van der Waals surface area contributed by atoms with E-state index in [9.17, 15) is 0 Å². The fourth-order valence-corrected chi connectivity index (χ4v) is 1.12. The van der Waals surface area contributed by atoms with Crippen molar-refractivity contribution in [2.24, 2.45) is 0 Å². The predicted molar refractivity (Wildman–Crippen MR) is 63.0 cm³/mol. The molecule has 1 aromatic carbocycles. The Balaban J connectivity index is 2.39. The van der Waals surface area contributed by atoms with Gasteiger partial charge in [-0.05, 0) is 17.7 Å². The van der Waals surface area contributed by atoms with E-state index in [0.717, 1.165) is 11.3 Å². The number of benzene rings is 1. The van der Waals surface area contributed by atoms with Gasteiger partial charge in [0.2, 0.25) is 0 Å². The molecule has 0 atom stereocenters. The number of rotatable bonds is 6. The zero-order valence-corrected chi connectivity index (χ0v) is 8.98. The Bertz CT molecular complexity index is 312. The van der Waals surface area contributed by atoms with Crippen LogP contribution in [0.4, 0.5) is 0 Å². The molecule has 1 rings (SSSR count). The molecule has 0 aliphatic carbocycles. The molecule has 1 aromatic rings. The first kappa shape index (κ1) is 11.5. The third kappa shape index (κ3) is 4.47. The first-order chi connectivity index (χ1) is 7.36. The summed E-state index contributed by atoms with van der Waals surface area (Å²) in [6, 6.07) is 7.88. The summed E-state index contributed by atoms with van der Waals surface area (Å²) in [5.74, 6) is 0.870. The van der Waals surface area contributed by atoms with Gasteiger partial charge >= 0.3 is 0 Å². The average Bonchev–Trinajstić information content (AvgIpc) is 2.30. The molecule has 0 saturated heterocycles. The first-order valence-electron chi connectivity index (χ1n) is 4.86. The molecular formula is C13H16O2. The molecule has 0 bridgehead atoms. The monoisotopic (exact) mass is 204 g/mol. The number of hydrogen-bond acceptors (Lipinski definition) is 2. The molecule has 0 heterocycles. The average molecular weight is 204 g/mol. The Morgan fingerprint density at radius 1 is 1.20 bits per heavy atom. The molecule has 80 valence electrons. The molecule has 0 fully saturated rings. The van der Waals surface area contributed by atoms with Crippen LogP contribution in [0.5, 0.6) is 5.75 Å². The highest BCUT2D eigenvalue weighted by molar-refractivity contribution is 5.50. The lowest BCUT2D eigenvalue weighted by molar-refractivity contribution is 0.194. The maximum atomic E-state index is 5.22. The van der Waals surface area contributed by atoms with Crippen LogP contribution in [-0.2, 0) is 4.74 Å². The highest BCUT2D eigenvalue weighted by Gasteiger charge is 1.89. The third-order valence-electron chi connectivity index (χ3n) is 1.88. The fourth-order valence-electron chi connectivity index (χ4n) is 1.12. The highest BCUT2D eigenvalue weighted by atomic mass is 16.5. The van der Waals surface area contributed by atoms with E-state index in [1.54, 1.807) is 13.2 Å². The highest BCUT2D eigenvalue weighted by Crippen LogP contribution is 2.11. The second-order valence-corrected chi connectivity index (χ2v) is 3.00. The molecule has 0 saturated carbocycles. The SMILES string of the molecule is C=CCOC/C=C/c1ccc(OC)cc1. The van der Waals surface area contributed by atoms with E-state index < -0.39 is 0 Å². The van der Waals surface area contributed by atoms with Gasteiger partial charge in [0.25, 0.3) is 0 Å². The summed E-state index contributed by atoms with van der Waals surface area (Å²) >= 11 is 0. The standard InChI is InChI=1S/C13H16O2/c1-3-10-15-11-4-5-12-6-8-13(14-2)9-7-12/h3-9H,1,10-11H2,2H3/b5-4+. The lowest BCUT2D eigenvalue weighted by Gasteiger charge is -1.99. The molecule has 0 amide bonds. The van der Waals surface area contributed by atoms with Crippen LogP contribution in [0.3, 0.4) is 0 Å². The van der Waals surface area contributed by atoms with Crippen molar-refractivity contribution in [3.8, 4) is 5.75 Å². The lowest BCUT2D eigenvalue weighted by Crippen LogP contribution is -1.89. The number of hydrogen-bond donors (Lipinski definition) is 0. The van der Waals surface area contributed by atoms with Gasteiger partial charge in [0.1, 0.15) is 5.75 Å². The zero-order chi connectivity index (χ0) is 10.9. The molecule has 2 heteroatoms. The second kappa shape index (κ2) is 6.85. The van der Waals surface area contributed by atoms with Crippen molar-refractivity contribution in [1.29, 1.82) is 0 Å². The van der Waals surface area contributed by atoms with Gasteiger partial charge in [0.05, 0.1) is 20.3 Å². The Hall–Kier alpha value is -1.54. The van der Waals surface area contributed by atoms with Crippen LogP contribution in [-0.4, -0.2) is 20.3 Å². The van der Waals surface area contributed by atoms with Crippen LogP contribution in [0.15, 0.2) is 43.0 Å². The molecule has 0 aliphatic rings.